The summed E-state index contributed by atoms with van der Waals surface area (Å²) in [6.07, 6.45) is 2.02. The van der Waals surface area contributed by atoms with Crippen LogP contribution in [0.4, 0.5) is 0 Å². The second-order valence-corrected chi connectivity index (χ2v) is 3.85. The second kappa shape index (κ2) is 5.92. The summed E-state index contributed by atoms with van der Waals surface area (Å²) in [4.78, 5) is 11.7. The van der Waals surface area contributed by atoms with E-state index in [9.17, 15) is 4.79 Å². The summed E-state index contributed by atoms with van der Waals surface area (Å²) in [6.45, 7) is 4.08. The average Bonchev–Trinajstić information content (AvgIpc) is 2.29. The number of nitrogens with zero attached hydrogens (tertiary/aromatic N) is 1. The smallest absolute Gasteiger partial charge is 0.251 e. The molecule has 0 aliphatic rings. The van der Waals surface area contributed by atoms with Crippen molar-refractivity contribution < 1.29 is 4.79 Å². The van der Waals surface area contributed by atoms with Gasteiger partial charge in [0.1, 0.15) is 0 Å². The minimum atomic E-state index is -0.0783. The molecule has 0 heterocycles. The summed E-state index contributed by atoms with van der Waals surface area (Å²) in [7, 11) is 0. The normalized spacial score (nSPS) is 11.6. The van der Waals surface area contributed by atoms with Gasteiger partial charge >= 0.3 is 0 Å². The molecule has 1 unspecified atom stereocenters. The Morgan fingerprint density at radius 3 is 2.56 bits per heavy atom. The maximum absolute atomic E-state index is 11.7. The first-order valence-corrected chi connectivity index (χ1v) is 5.48. The molecule has 0 saturated carbocycles. The fourth-order valence-electron chi connectivity index (χ4n) is 1.51. The molecule has 1 aromatic rings. The summed E-state index contributed by atoms with van der Waals surface area (Å²) in [5.74, 6) is -0.0783. The Morgan fingerprint density at radius 1 is 1.44 bits per heavy atom. The summed E-state index contributed by atoms with van der Waals surface area (Å²) >= 11 is 0. The Hall–Kier alpha value is -1.82. The molecular weight excluding hydrogens is 200 g/mol. The van der Waals surface area contributed by atoms with Crippen LogP contribution in [-0.4, -0.2) is 11.9 Å². The first-order valence-electron chi connectivity index (χ1n) is 5.48. The lowest BCUT2D eigenvalue weighted by atomic mass is 10.1. The van der Waals surface area contributed by atoms with E-state index in [1.165, 1.54) is 0 Å². The van der Waals surface area contributed by atoms with E-state index in [0.717, 1.165) is 12.8 Å². The number of nitriles is 1. The fourth-order valence-corrected chi connectivity index (χ4v) is 1.51. The lowest BCUT2D eigenvalue weighted by Crippen LogP contribution is -2.32. The largest absolute Gasteiger partial charge is 0.350 e. The Balaban J connectivity index is 2.63. The predicted molar refractivity (Wildman–Crippen MR) is 63.0 cm³/mol. The van der Waals surface area contributed by atoms with Gasteiger partial charge in [0.05, 0.1) is 11.6 Å². The predicted octanol–water partition coefficient (Wildman–Crippen LogP) is 2.48. The molecule has 0 saturated heterocycles. The van der Waals surface area contributed by atoms with Crippen molar-refractivity contribution in [1.82, 2.24) is 5.32 Å². The van der Waals surface area contributed by atoms with E-state index in [2.05, 4.69) is 12.2 Å². The van der Waals surface area contributed by atoms with Crippen LogP contribution in [0.5, 0.6) is 0 Å². The third kappa shape index (κ3) is 3.39. The minimum Gasteiger partial charge on any atom is -0.350 e. The zero-order valence-electron chi connectivity index (χ0n) is 9.66. The number of carbonyl (C=O) groups is 1. The van der Waals surface area contributed by atoms with E-state index >= 15 is 0 Å². The summed E-state index contributed by atoms with van der Waals surface area (Å²) in [5, 5.41) is 11.5. The topological polar surface area (TPSA) is 52.9 Å². The van der Waals surface area contributed by atoms with Crippen LogP contribution in [0.1, 0.15) is 42.6 Å². The van der Waals surface area contributed by atoms with Crippen LogP contribution in [0.25, 0.3) is 0 Å². The van der Waals surface area contributed by atoms with E-state index in [4.69, 9.17) is 5.26 Å². The zero-order valence-corrected chi connectivity index (χ0v) is 9.66. The molecule has 16 heavy (non-hydrogen) atoms. The first-order chi connectivity index (χ1) is 7.67. The van der Waals surface area contributed by atoms with Gasteiger partial charge in [-0.15, -0.1) is 0 Å². The molecule has 0 aliphatic carbocycles. The van der Waals surface area contributed by atoms with Crippen LogP contribution in [0.15, 0.2) is 24.3 Å². The average molecular weight is 216 g/mol. The number of hydrogen-bond acceptors (Lipinski definition) is 2. The molecule has 1 rings (SSSR count). The molecule has 1 aromatic carbocycles. The molecule has 1 amide bonds. The van der Waals surface area contributed by atoms with Gasteiger partial charge in [-0.2, -0.15) is 5.26 Å². The van der Waals surface area contributed by atoms with Crippen molar-refractivity contribution in [3.63, 3.8) is 0 Å². The number of carbonyl (C=O) groups excluding carboxylic acids is 1. The molecule has 0 fully saturated rings. The lowest BCUT2D eigenvalue weighted by Gasteiger charge is -2.12. The molecule has 0 bridgehead atoms. The molecule has 3 heteroatoms. The summed E-state index contributed by atoms with van der Waals surface area (Å²) in [6, 6.07) is 8.86. The highest BCUT2D eigenvalue weighted by atomic mass is 16.1. The Kier molecular flexibility index (Phi) is 4.53. The zero-order chi connectivity index (χ0) is 12.0. The van der Waals surface area contributed by atoms with Crippen LogP contribution in [0.3, 0.4) is 0 Å². The van der Waals surface area contributed by atoms with Gasteiger partial charge in [0.15, 0.2) is 0 Å². The van der Waals surface area contributed by atoms with Gasteiger partial charge in [-0.1, -0.05) is 13.3 Å². The molecular formula is C13H16N2O. The van der Waals surface area contributed by atoms with Crippen molar-refractivity contribution in [3.05, 3.63) is 35.4 Å². The molecule has 1 N–H and O–H groups in total. The van der Waals surface area contributed by atoms with E-state index in [-0.39, 0.29) is 11.9 Å². The molecule has 0 radical (unpaired) electrons. The van der Waals surface area contributed by atoms with Gasteiger partial charge in [-0.05, 0) is 37.6 Å². The third-order valence-electron chi connectivity index (χ3n) is 2.38. The van der Waals surface area contributed by atoms with Crippen LogP contribution in [-0.2, 0) is 0 Å². The molecule has 0 aromatic heterocycles. The van der Waals surface area contributed by atoms with E-state index in [0.29, 0.717) is 11.1 Å². The quantitative estimate of drug-likeness (QED) is 0.840. The lowest BCUT2D eigenvalue weighted by molar-refractivity contribution is 0.0938. The van der Waals surface area contributed by atoms with Gasteiger partial charge < -0.3 is 5.32 Å². The molecule has 0 spiro atoms. The maximum atomic E-state index is 11.7. The van der Waals surface area contributed by atoms with Crippen molar-refractivity contribution in [2.45, 2.75) is 32.7 Å². The monoisotopic (exact) mass is 216 g/mol. The maximum Gasteiger partial charge on any atom is 0.251 e. The number of hydrogen-bond donors (Lipinski definition) is 1. The highest BCUT2D eigenvalue weighted by molar-refractivity contribution is 5.94. The van der Waals surface area contributed by atoms with Gasteiger partial charge in [-0.3, -0.25) is 4.79 Å². The van der Waals surface area contributed by atoms with E-state index < -0.39 is 0 Å². The van der Waals surface area contributed by atoms with Crippen molar-refractivity contribution in [3.8, 4) is 6.07 Å². The molecule has 3 nitrogen and oxygen atoms in total. The minimum absolute atomic E-state index is 0.0783. The Morgan fingerprint density at radius 2 is 2.06 bits per heavy atom. The highest BCUT2D eigenvalue weighted by Gasteiger charge is 2.08. The van der Waals surface area contributed by atoms with Gasteiger partial charge in [0.25, 0.3) is 5.91 Å². The van der Waals surface area contributed by atoms with Gasteiger partial charge in [-0.25, -0.2) is 0 Å². The summed E-state index contributed by atoms with van der Waals surface area (Å²) < 4.78 is 0. The van der Waals surface area contributed by atoms with Crippen LogP contribution < -0.4 is 5.32 Å². The SMILES string of the molecule is CCCC(C)NC(=O)c1ccc(C#N)cc1. The van der Waals surface area contributed by atoms with E-state index in [1.54, 1.807) is 24.3 Å². The van der Waals surface area contributed by atoms with Crippen molar-refractivity contribution >= 4 is 5.91 Å². The second-order valence-electron chi connectivity index (χ2n) is 3.85. The van der Waals surface area contributed by atoms with Crippen molar-refractivity contribution in [2.24, 2.45) is 0 Å². The third-order valence-corrected chi connectivity index (χ3v) is 2.38. The molecule has 84 valence electrons. The molecule has 0 aliphatic heterocycles. The number of amides is 1. The summed E-state index contributed by atoms with van der Waals surface area (Å²) in [5.41, 5.74) is 1.17. The van der Waals surface area contributed by atoms with Gasteiger partial charge in [0, 0.05) is 11.6 Å². The van der Waals surface area contributed by atoms with E-state index in [1.807, 2.05) is 13.0 Å². The van der Waals surface area contributed by atoms with Crippen molar-refractivity contribution in [1.29, 1.82) is 5.26 Å². The Labute approximate surface area is 96.1 Å². The number of rotatable bonds is 4. The molecule has 1 atom stereocenters. The highest BCUT2D eigenvalue weighted by Crippen LogP contribution is 2.04. The van der Waals surface area contributed by atoms with Crippen LogP contribution in [0.2, 0.25) is 0 Å². The fraction of sp³-hybridized carbons (Fsp3) is 0.385. The van der Waals surface area contributed by atoms with Gasteiger partial charge in [0.2, 0.25) is 0 Å². The standard InChI is InChI=1S/C13H16N2O/c1-3-4-10(2)15-13(16)12-7-5-11(9-14)6-8-12/h5-8,10H,3-4H2,1-2H3,(H,15,16). The first kappa shape index (κ1) is 12.3. The number of nitrogens with one attached hydrogen (secondary N) is 1. The van der Waals surface area contributed by atoms with Crippen molar-refractivity contribution in [2.75, 3.05) is 0 Å². The number of benzene rings is 1. The Bertz CT molecular complexity index is 389. The van der Waals surface area contributed by atoms with Crippen LogP contribution >= 0.6 is 0 Å². The van der Waals surface area contributed by atoms with Crippen LogP contribution in [0, 0.1) is 11.3 Å².